The zero-order valence-electron chi connectivity index (χ0n) is 17.7. The van der Waals surface area contributed by atoms with E-state index < -0.39 is 0 Å². The SMILES string of the molecule is CCOc1cccc2c1Cc1ccccc1S2.O=c1c2ccccc2sc2ccccc12. The zero-order chi connectivity index (χ0) is 21.9. The van der Waals surface area contributed by atoms with Crippen molar-refractivity contribution in [3.8, 4) is 5.75 Å². The zero-order valence-corrected chi connectivity index (χ0v) is 19.3. The van der Waals surface area contributed by atoms with Crippen LogP contribution in [0.25, 0.3) is 20.2 Å². The molecule has 1 aromatic heterocycles. The molecule has 32 heavy (non-hydrogen) atoms. The molecular formula is C28H22O2S2. The first-order valence-corrected chi connectivity index (χ1v) is 12.3. The van der Waals surface area contributed by atoms with E-state index in [1.807, 2.05) is 67.2 Å². The Kier molecular flexibility index (Phi) is 5.97. The van der Waals surface area contributed by atoms with Crippen LogP contribution in [0.5, 0.6) is 5.75 Å². The van der Waals surface area contributed by atoms with Crippen molar-refractivity contribution >= 4 is 43.3 Å². The van der Waals surface area contributed by atoms with Crippen LogP contribution >= 0.6 is 23.1 Å². The first-order chi connectivity index (χ1) is 15.7. The molecule has 0 aliphatic carbocycles. The molecule has 0 saturated carbocycles. The van der Waals surface area contributed by atoms with E-state index in [0.29, 0.717) is 0 Å². The fraction of sp³-hybridized carbons (Fsp3) is 0.107. The van der Waals surface area contributed by atoms with Gasteiger partial charge in [-0.1, -0.05) is 60.3 Å². The average molecular weight is 455 g/mol. The molecule has 0 radical (unpaired) electrons. The first-order valence-electron chi connectivity index (χ1n) is 10.7. The van der Waals surface area contributed by atoms with Crippen LogP contribution in [0.3, 0.4) is 0 Å². The van der Waals surface area contributed by atoms with Crippen molar-refractivity contribution in [1.29, 1.82) is 0 Å². The fourth-order valence-electron chi connectivity index (χ4n) is 3.91. The van der Waals surface area contributed by atoms with Crippen LogP contribution in [0.1, 0.15) is 18.1 Å². The van der Waals surface area contributed by atoms with Gasteiger partial charge in [-0.2, -0.15) is 0 Å². The average Bonchev–Trinajstić information content (AvgIpc) is 2.84. The van der Waals surface area contributed by atoms with Gasteiger partial charge in [-0.15, -0.1) is 11.3 Å². The summed E-state index contributed by atoms with van der Waals surface area (Å²) in [5, 5.41) is 1.64. The van der Waals surface area contributed by atoms with E-state index in [-0.39, 0.29) is 5.43 Å². The monoisotopic (exact) mass is 454 g/mol. The summed E-state index contributed by atoms with van der Waals surface area (Å²) < 4.78 is 7.82. The molecule has 0 atom stereocenters. The van der Waals surface area contributed by atoms with Gasteiger partial charge in [0.05, 0.1) is 6.61 Å². The van der Waals surface area contributed by atoms with E-state index in [2.05, 4.69) is 42.5 Å². The maximum absolute atomic E-state index is 12.1. The highest BCUT2D eigenvalue weighted by Gasteiger charge is 2.18. The lowest BCUT2D eigenvalue weighted by atomic mass is 10.0. The van der Waals surface area contributed by atoms with Gasteiger partial charge in [0.15, 0.2) is 5.43 Å². The molecule has 0 N–H and O–H groups in total. The lowest BCUT2D eigenvalue weighted by Crippen LogP contribution is -2.03. The second-order valence-corrected chi connectivity index (χ2v) is 9.64. The van der Waals surface area contributed by atoms with Crippen molar-refractivity contribution in [1.82, 2.24) is 0 Å². The van der Waals surface area contributed by atoms with Gasteiger partial charge in [0.2, 0.25) is 0 Å². The van der Waals surface area contributed by atoms with Crippen molar-refractivity contribution in [3.05, 3.63) is 112 Å². The van der Waals surface area contributed by atoms with Gasteiger partial charge in [-0.3, -0.25) is 4.79 Å². The quantitative estimate of drug-likeness (QED) is 0.253. The lowest BCUT2D eigenvalue weighted by Gasteiger charge is -2.21. The van der Waals surface area contributed by atoms with E-state index in [1.54, 1.807) is 11.3 Å². The van der Waals surface area contributed by atoms with E-state index >= 15 is 0 Å². The predicted molar refractivity (Wildman–Crippen MR) is 137 cm³/mol. The van der Waals surface area contributed by atoms with Crippen LogP contribution in [0.2, 0.25) is 0 Å². The largest absolute Gasteiger partial charge is 0.494 e. The molecule has 1 aliphatic heterocycles. The molecular weight excluding hydrogens is 432 g/mol. The van der Waals surface area contributed by atoms with Crippen molar-refractivity contribution in [3.63, 3.8) is 0 Å². The third kappa shape index (κ3) is 4.04. The van der Waals surface area contributed by atoms with Crippen LogP contribution in [0.4, 0.5) is 0 Å². The normalized spacial score (nSPS) is 11.9. The van der Waals surface area contributed by atoms with Gasteiger partial charge in [0.25, 0.3) is 0 Å². The molecule has 0 saturated heterocycles. The molecule has 1 aliphatic rings. The van der Waals surface area contributed by atoms with Gasteiger partial charge < -0.3 is 4.74 Å². The lowest BCUT2D eigenvalue weighted by molar-refractivity contribution is 0.336. The van der Waals surface area contributed by atoms with Gasteiger partial charge >= 0.3 is 0 Å². The van der Waals surface area contributed by atoms with Crippen molar-refractivity contribution in [2.45, 2.75) is 23.1 Å². The maximum Gasteiger partial charge on any atom is 0.195 e. The standard InChI is InChI=1S/C15H14OS.C13H8OS/c1-2-16-13-7-5-9-15-12(13)10-11-6-3-4-8-14(11)17-15;14-13-9-5-1-3-7-11(9)15-12-8-4-2-6-10(12)13/h3-9H,2,10H2,1H3;1-8H. The molecule has 2 nitrogen and oxygen atoms in total. The summed E-state index contributed by atoms with van der Waals surface area (Å²) in [7, 11) is 0. The third-order valence-corrected chi connectivity index (χ3v) is 7.81. The molecule has 4 aromatic carbocycles. The van der Waals surface area contributed by atoms with Crippen LogP contribution in [0, 0.1) is 0 Å². The number of rotatable bonds is 2. The van der Waals surface area contributed by atoms with Crippen molar-refractivity contribution < 1.29 is 4.74 Å². The summed E-state index contributed by atoms with van der Waals surface area (Å²) in [6, 6.07) is 30.4. The smallest absolute Gasteiger partial charge is 0.195 e. The van der Waals surface area contributed by atoms with Crippen molar-refractivity contribution in [2.24, 2.45) is 0 Å². The maximum atomic E-state index is 12.1. The second kappa shape index (κ2) is 9.19. The van der Waals surface area contributed by atoms with E-state index in [9.17, 15) is 4.79 Å². The van der Waals surface area contributed by atoms with E-state index in [4.69, 9.17) is 4.74 Å². The molecule has 4 heteroatoms. The molecule has 2 heterocycles. The summed E-state index contributed by atoms with van der Waals surface area (Å²) >= 11 is 3.51. The first kappa shape index (κ1) is 20.8. The van der Waals surface area contributed by atoms with E-state index in [1.165, 1.54) is 20.9 Å². The molecule has 0 unspecified atom stereocenters. The van der Waals surface area contributed by atoms with Gasteiger partial charge in [0.1, 0.15) is 5.75 Å². The number of fused-ring (bicyclic) bond motifs is 4. The van der Waals surface area contributed by atoms with Gasteiger partial charge in [-0.25, -0.2) is 0 Å². The summed E-state index contributed by atoms with van der Waals surface area (Å²) in [5.41, 5.74) is 2.87. The Morgan fingerprint density at radius 3 is 2.09 bits per heavy atom. The van der Waals surface area contributed by atoms with Gasteiger partial charge in [0, 0.05) is 41.9 Å². The second-order valence-electron chi connectivity index (χ2n) is 7.48. The molecule has 0 spiro atoms. The predicted octanol–water partition coefficient (Wildman–Crippen LogP) is 7.56. The summed E-state index contributed by atoms with van der Waals surface area (Å²) in [6.45, 7) is 2.76. The number of hydrogen-bond donors (Lipinski definition) is 0. The van der Waals surface area contributed by atoms with Crippen LogP contribution in [-0.4, -0.2) is 6.61 Å². The number of ether oxygens (including phenoxy) is 1. The molecule has 0 fully saturated rings. The Labute approximate surface area is 195 Å². The van der Waals surface area contributed by atoms with E-state index in [0.717, 1.165) is 38.9 Å². The van der Waals surface area contributed by atoms with Crippen molar-refractivity contribution in [2.75, 3.05) is 6.61 Å². The fourth-order valence-corrected chi connectivity index (χ4v) is 6.08. The highest BCUT2D eigenvalue weighted by atomic mass is 32.2. The molecule has 0 amide bonds. The summed E-state index contributed by atoms with van der Waals surface area (Å²) in [5.74, 6) is 1.03. The van der Waals surface area contributed by atoms with Crippen LogP contribution in [0.15, 0.2) is 106 Å². The highest BCUT2D eigenvalue weighted by molar-refractivity contribution is 7.99. The minimum absolute atomic E-state index is 0.139. The Bertz CT molecular complexity index is 1410. The third-order valence-electron chi connectivity index (χ3n) is 5.43. The Morgan fingerprint density at radius 2 is 1.38 bits per heavy atom. The minimum Gasteiger partial charge on any atom is -0.494 e. The molecule has 0 bridgehead atoms. The van der Waals surface area contributed by atoms with Crippen LogP contribution < -0.4 is 10.2 Å². The highest BCUT2D eigenvalue weighted by Crippen LogP contribution is 2.42. The Hall–Kier alpha value is -3.08. The topological polar surface area (TPSA) is 26.3 Å². The summed E-state index contributed by atoms with van der Waals surface area (Å²) in [4.78, 5) is 14.8. The number of benzene rings is 4. The Morgan fingerprint density at radius 1 is 0.750 bits per heavy atom. The molecule has 158 valence electrons. The molecule has 5 aromatic rings. The van der Waals surface area contributed by atoms with Crippen LogP contribution in [-0.2, 0) is 6.42 Å². The number of hydrogen-bond acceptors (Lipinski definition) is 4. The molecule has 6 rings (SSSR count). The minimum atomic E-state index is 0.139. The summed E-state index contributed by atoms with van der Waals surface area (Å²) in [6.07, 6.45) is 0.981. The van der Waals surface area contributed by atoms with Gasteiger partial charge in [-0.05, 0) is 55.0 Å². The Balaban J connectivity index is 0.000000136.